The van der Waals surface area contributed by atoms with Crippen molar-refractivity contribution in [1.82, 2.24) is 21.3 Å². The highest BCUT2D eigenvalue weighted by Gasteiger charge is 2.31. The fourth-order valence-electron chi connectivity index (χ4n) is 2.69. The Kier molecular flexibility index (Phi) is 9.51. The molecule has 4 amide bonds. The second-order valence-electron chi connectivity index (χ2n) is 6.49. The van der Waals surface area contributed by atoms with Gasteiger partial charge in [-0.05, 0) is 25.8 Å². The topological polar surface area (TPSA) is 217 Å². The van der Waals surface area contributed by atoms with Gasteiger partial charge in [-0.2, -0.15) is 0 Å². The van der Waals surface area contributed by atoms with Crippen LogP contribution in [0.1, 0.15) is 32.1 Å². The molecule has 1 fully saturated rings. The first kappa shape index (κ1) is 23.8. The van der Waals surface area contributed by atoms with Gasteiger partial charge in [0.15, 0.2) is 0 Å². The second kappa shape index (κ2) is 11.6. The third kappa shape index (κ3) is 9.01. The Labute approximate surface area is 165 Å². The van der Waals surface area contributed by atoms with E-state index in [1.165, 1.54) is 0 Å². The van der Waals surface area contributed by atoms with Crippen LogP contribution >= 0.6 is 0 Å². The van der Waals surface area contributed by atoms with Gasteiger partial charge in [0.25, 0.3) is 0 Å². The number of hydrogen-bond donors (Lipinski definition) is 7. The van der Waals surface area contributed by atoms with Gasteiger partial charge in [-0.25, -0.2) is 0 Å². The molecule has 1 saturated heterocycles. The van der Waals surface area contributed by atoms with E-state index in [2.05, 4.69) is 16.0 Å². The van der Waals surface area contributed by atoms with Gasteiger partial charge in [-0.1, -0.05) is 0 Å². The normalized spacial score (nSPS) is 17.6. The number of aliphatic carboxylic acids is 2. The van der Waals surface area contributed by atoms with E-state index in [0.29, 0.717) is 13.0 Å². The lowest BCUT2D eigenvalue weighted by Gasteiger charge is -2.23. The lowest BCUT2D eigenvalue weighted by Crippen LogP contribution is -2.56. The van der Waals surface area contributed by atoms with Crippen molar-refractivity contribution in [2.75, 3.05) is 13.1 Å². The van der Waals surface area contributed by atoms with Crippen LogP contribution in [-0.2, 0) is 28.8 Å². The van der Waals surface area contributed by atoms with Crippen LogP contribution in [0.5, 0.6) is 0 Å². The van der Waals surface area contributed by atoms with E-state index < -0.39 is 73.1 Å². The molecule has 0 bridgehead atoms. The summed E-state index contributed by atoms with van der Waals surface area (Å²) in [5, 5.41) is 27.0. The van der Waals surface area contributed by atoms with Crippen LogP contribution in [0.4, 0.5) is 0 Å². The van der Waals surface area contributed by atoms with E-state index in [9.17, 15) is 28.8 Å². The average molecular weight is 415 g/mol. The first-order chi connectivity index (χ1) is 13.6. The van der Waals surface area contributed by atoms with Gasteiger partial charge in [0, 0.05) is 6.42 Å². The number of nitrogens with two attached hydrogens (primary N) is 1. The Hall–Kier alpha value is -3.22. The average Bonchev–Trinajstić information content (AvgIpc) is 3.16. The van der Waals surface area contributed by atoms with Crippen LogP contribution in [0.15, 0.2) is 0 Å². The Balaban J connectivity index is 2.83. The van der Waals surface area contributed by atoms with Crippen molar-refractivity contribution in [3.05, 3.63) is 0 Å². The molecule has 3 unspecified atom stereocenters. The molecule has 1 rings (SSSR count). The summed E-state index contributed by atoms with van der Waals surface area (Å²) >= 11 is 0. The quantitative estimate of drug-likeness (QED) is 0.169. The van der Waals surface area contributed by atoms with Crippen molar-refractivity contribution >= 4 is 35.6 Å². The molecule has 29 heavy (non-hydrogen) atoms. The Morgan fingerprint density at radius 1 is 1.00 bits per heavy atom. The van der Waals surface area contributed by atoms with Crippen LogP contribution < -0.4 is 27.0 Å². The maximum absolute atomic E-state index is 12.5. The van der Waals surface area contributed by atoms with Crippen molar-refractivity contribution in [3.63, 3.8) is 0 Å². The molecule has 1 aliphatic heterocycles. The number of carboxylic acids is 2. The first-order valence-electron chi connectivity index (χ1n) is 8.94. The van der Waals surface area contributed by atoms with Crippen LogP contribution in [0.3, 0.4) is 0 Å². The standard InChI is InChI=1S/C16H25N5O8/c17-11(22)6-10(21-15(28)8-2-1-5-18-8)16(29)20-9(3-4-12(23)24)14(27)19-7-13(25)26/h8-10,18H,1-7H2,(H2,17,22)(H,19,27)(H,20,29)(H,21,28)(H,23,24)(H,25,26). The number of carbonyl (C=O) groups is 6. The van der Waals surface area contributed by atoms with Crippen LogP contribution in [0, 0.1) is 0 Å². The minimum atomic E-state index is -1.38. The summed E-state index contributed by atoms with van der Waals surface area (Å²) in [7, 11) is 0. The summed E-state index contributed by atoms with van der Waals surface area (Å²) in [4.78, 5) is 69.5. The Morgan fingerprint density at radius 2 is 1.69 bits per heavy atom. The van der Waals surface area contributed by atoms with Crippen molar-refractivity contribution < 1.29 is 39.0 Å². The zero-order valence-corrected chi connectivity index (χ0v) is 15.6. The molecular formula is C16H25N5O8. The van der Waals surface area contributed by atoms with Crippen LogP contribution in [0.25, 0.3) is 0 Å². The highest BCUT2D eigenvalue weighted by atomic mass is 16.4. The first-order valence-corrected chi connectivity index (χ1v) is 8.94. The number of carbonyl (C=O) groups excluding carboxylic acids is 4. The van der Waals surface area contributed by atoms with Crippen molar-refractivity contribution in [2.45, 2.75) is 50.2 Å². The van der Waals surface area contributed by atoms with E-state index >= 15 is 0 Å². The number of hydrogen-bond acceptors (Lipinski definition) is 7. The second-order valence-corrected chi connectivity index (χ2v) is 6.49. The number of amides is 4. The number of rotatable bonds is 12. The molecule has 13 heteroatoms. The van der Waals surface area contributed by atoms with Crippen molar-refractivity contribution in [1.29, 1.82) is 0 Å². The van der Waals surface area contributed by atoms with E-state index in [4.69, 9.17) is 15.9 Å². The summed E-state index contributed by atoms with van der Waals surface area (Å²) in [6, 6.07) is -3.28. The zero-order chi connectivity index (χ0) is 22.0. The van der Waals surface area contributed by atoms with Crippen molar-refractivity contribution in [3.8, 4) is 0 Å². The molecule has 3 atom stereocenters. The van der Waals surface area contributed by atoms with Gasteiger partial charge in [0.1, 0.15) is 18.6 Å². The summed E-state index contributed by atoms with van der Waals surface area (Å²) in [5.41, 5.74) is 5.12. The summed E-state index contributed by atoms with van der Waals surface area (Å²) in [6.45, 7) is -0.0984. The number of carboxylic acid groups (broad SMARTS) is 2. The maximum Gasteiger partial charge on any atom is 0.322 e. The minimum Gasteiger partial charge on any atom is -0.481 e. The van der Waals surface area contributed by atoms with Gasteiger partial charge < -0.3 is 37.2 Å². The van der Waals surface area contributed by atoms with Crippen LogP contribution in [0.2, 0.25) is 0 Å². The molecule has 0 aromatic rings. The molecule has 0 aromatic carbocycles. The fourth-order valence-corrected chi connectivity index (χ4v) is 2.69. The van der Waals surface area contributed by atoms with Gasteiger partial charge in [0.2, 0.25) is 23.6 Å². The molecule has 1 heterocycles. The predicted molar refractivity (Wildman–Crippen MR) is 96.2 cm³/mol. The van der Waals surface area contributed by atoms with E-state index in [1.54, 1.807) is 0 Å². The molecule has 0 saturated carbocycles. The summed E-state index contributed by atoms with van der Waals surface area (Å²) < 4.78 is 0. The van der Waals surface area contributed by atoms with Crippen LogP contribution in [-0.4, -0.2) is 77.0 Å². The highest BCUT2D eigenvalue weighted by Crippen LogP contribution is 2.06. The Morgan fingerprint density at radius 3 is 2.21 bits per heavy atom. The largest absolute Gasteiger partial charge is 0.481 e. The zero-order valence-electron chi connectivity index (χ0n) is 15.6. The molecule has 0 spiro atoms. The molecule has 13 nitrogen and oxygen atoms in total. The van der Waals surface area contributed by atoms with E-state index in [0.717, 1.165) is 6.42 Å². The molecule has 0 radical (unpaired) electrons. The molecule has 0 aromatic heterocycles. The molecular weight excluding hydrogens is 390 g/mol. The fraction of sp³-hybridized carbons (Fsp3) is 0.625. The Bertz CT molecular complexity index is 662. The number of nitrogens with one attached hydrogen (secondary N) is 4. The molecule has 1 aliphatic rings. The van der Waals surface area contributed by atoms with E-state index in [-0.39, 0.29) is 6.42 Å². The molecule has 162 valence electrons. The van der Waals surface area contributed by atoms with Gasteiger partial charge in [-0.15, -0.1) is 0 Å². The third-order valence-corrected chi connectivity index (χ3v) is 4.11. The predicted octanol–water partition coefficient (Wildman–Crippen LogP) is -3.35. The summed E-state index contributed by atoms with van der Waals surface area (Å²) in [6.07, 6.45) is -0.0216. The molecule has 8 N–H and O–H groups in total. The lowest BCUT2D eigenvalue weighted by molar-refractivity contribution is -0.140. The SMILES string of the molecule is NC(=O)CC(NC(=O)C1CCCN1)C(=O)NC(CCC(=O)O)C(=O)NCC(=O)O. The lowest BCUT2D eigenvalue weighted by atomic mass is 10.1. The van der Waals surface area contributed by atoms with E-state index in [1.807, 2.05) is 5.32 Å². The van der Waals surface area contributed by atoms with Gasteiger partial charge in [0.05, 0.1) is 12.5 Å². The maximum atomic E-state index is 12.5. The molecule has 0 aliphatic carbocycles. The van der Waals surface area contributed by atoms with Crippen molar-refractivity contribution in [2.24, 2.45) is 5.73 Å². The summed E-state index contributed by atoms with van der Waals surface area (Å²) in [5.74, 6) is -5.78. The monoisotopic (exact) mass is 415 g/mol. The highest BCUT2D eigenvalue weighted by molar-refractivity contribution is 5.96. The smallest absolute Gasteiger partial charge is 0.322 e. The van der Waals surface area contributed by atoms with Gasteiger partial charge in [-0.3, -0.25) is 28.8 Å². The van der Waals surface area contributed by atoms with Gasteiger partial charge >= 0.3 is 11.9 Å². The number of primary amides is 1. The third-order valence-electron chi connectivity index (χ3n) is 4.11. The minimum absolute atomic E-state index is 0.325.